The SMILES string of the molecule is C[C@H](OC(N)=O)[C@@H](O)c1cccc(Cl)c1. The summed E-state index contributed by atoms with van der Waals surface area (Å²) in [7, 11) is 0. The van der Waals surface area contributed by atoms with E-state index in [0.717, 1.165) is 0 Å². The van der Waals surface area contributed by atoms with Crippen LogP contribution in [-0.2, 0) is 4.74 Å². The molecule has 0 aliphatic rings. The van der Waals surface area contributed by atoms with Gasteiger partial charge in [0, 0.05) is 5.02 Å². The van der Waals surface area contributed by atoms with Crippen molar-refractivity contribution in [3.63, 3.8) is 0 Å². The minimum absolute atomic E-state index is 0.512. The van der Waals surface area contributed by atoms with E-state index in [1.807, 2.05) is 0 Å². The molecule has 3 N–H and O–H groups in total. The van der Waals surface area contributed by atoms with E-state index in [1.54, 1.807) is 31.2 Å². The summed E-state index contributed by atoms with van der Waals surface area (Å²) in [5.41, 5.74) is 5.42. The van der Waals surface area contributed by atoms with E-state index in [-0.39, 0.29) is 0 Å². The van der Waals surface area contributed by atoms with Crippen LogP contribution >= 0.6 is 11.6 Å². The Balaban J connectivity index is 2.75. The molecule has 0 saturated heterocycles. The number of benzene rings is 1. The number of rotatable bonds is 3. The van der Waals surface area contributed by atoms with Gasteiger partial charge in [0.25, 0.3) is 0 Å². The summed E-state index contributed by atoms with van der Waals surface area (Å²) in [6, 6.07) is 6.69. The lowest BCUT2D eigenvalue weighted by molar-refractivity contribution is 0.0158. The van der Waals surface area contributed by atoms with E-state index in [4.69, 9.17) is 17.3 Å². The summed E-state index contributed by atoms with van der Waals surface area (Å²) in [5, 5.41) is 10.3. The maximum Gasteiger partial charge on any atom is 0.404 e. The number of halogens is 1. The Morgan fingerprint density at radius 2 is 2.27 bits per heavy atom. The molecule has 1 rings (SSSR count). The number of carbonyl (C=O) groups is 1. The number of aliphatic hydroxyl groups excluding tert-OH is 1. The monoisotopic (exact) mass is 229 g/mol. The summed E-state index contributed by atoms with van der Waals surface area (Å²) in [4.78, 5) is 10.5. The maximum atomic E-state index is 10.5. The van der Waals surface area contributed by atoms with Crippen molar-refractivity contribution < 1.29 is 14.6 Å². The fourth-order valence-electron chi connectivity index (χ4n) is 1.21. The zero-order valence-electron chi connectivity index (χ0n) is 8.18. The van der Waals surface area contributed by atoms with Gasteiger partial charge in [0.2, 0.25) is 0 Å². The first-order valence-corrected chi connectivity index (χ1v) is 4.78. The van der Waals surface area contributed by atoms with Crippen LogP contribution in [0.1, 0.15) is 18.6 Å². The summed E-state index contributed by atoms with van der Waals surface area (Å²) in [5.74, 6) is 0. The predicted molar refractivity (Wildman–Crippen MR) is 56.5 cm³/mol. The third kappa shape index (κ3) is 3.42. The van der Waals surface area contributed by atoms with Crippen LogP contribution in [0.3, 0.4) is 0 Å². The molecule has 0 spiro atoms. The van der Waals surface area contributed by atoms with Crippen LogP contribution in [0.4, 0.5) is 4.79 Å². The third-order valence-corrected chi connectivity index (χ3v) is 2.17. The van der Waals surface area contributed by atoms with Crippen molar-refractivity contribution >= 4 is 17.7 Å². The molecule has 0 saturated carbocycles. The molecule has 0 fully saturated rings. The van der Waals surface area contributed by atoms with Gasteiger partial charge in [0.05, 0.1) is 0 Å². The highest BCUT2D eigenvalue weighted by molar-refractivity contribution is 6.30. The Morgan fingerprint density at radius 1 is 1.60 bits per heavy atom. The third-order valence-electron chi connectivity index (χ3n) is 1.94. The molecule has 0 radical (unpaired) electrons. The summed E-state index contributed by atoms with van der Waals surface area (Å²) in [6.07, 6.45) is -2.55. The number of nitrogens with two attached hydrogens (primary N) is 1. The van der Waals surface area contributed by atoms with Gasteiger partial charge in [0.1, 0.15) is 12.2 Å². The van der Waals surface area contributed by atoms with Crippen LogP contribution < -0.4 is 5.73 Å². The average molecular weight is 230 g/mol. The fraction of sp³-hybridized carbons (Fsp3) is 0.300. The lowest BCUT2D eigenvalue weighted by Crippen LogP contribution is -2.25. The number of primary amides is 1. The second-order valence-electron chi connectivity index (χ2n) is 3.14. The van der Waals surface area contributed by atoms with Crippen molar-refractivity contribution in [2.75, 3.05) is 0 Å². The summed E-state index contributed by atoms with van der Waals surface area (Å²) in [6.45, 7) is 1.55. The van der Waals surface area contributed by atoms with Crippen LogP contribution in [0.5, 0.6) is 0 Å². The number of hydrogen-bond donors (Lipinski definition) is 2. The number of aliphatic hydroxyl groups is 1. The topological polar surface area (TPSA) is 72.5 Å². The fourth-order valence-corrected chi connectivity index (χ4v) is 1.41. The van der Waals surface area contributed by atoms with Crippen molar-refractivity contribution in [1.82, 2.24) is 0 Å². The number of carbonyl (C=O) groups excluding carboxylic acids is 1. The molecular weight excluding hydrogens is 218 g/mol. The molecule has 5 heteroatoms. The first kappa shape index (κ1) is 11.8. The Kier molecular flexibility index (Phi) is 3.94. The van der Waals surface area contributed by atoms with E-state index < -0.39 is 18.3 Å². The Labute approximate surface area is 92.6 Å². The zero-order valence-corrected chi connectivity index (χ0v) is 8.94. The quantitative estimate of drug-likeness (QED) is 0.831. The number of amides is 1. The standard InChI is InChI=1S/C10H12ClNO3/c1-6(15-10(12)14)9(13)7-3-2-4-8(11)5-7/h2-6,9,13H,1H3,(H2,12,14)/t6-,9+/m0/s1. The molecule has 0 heterocycles. The minimum Gasteiger partial charge on any atom is -0.444 e. The van der Waals surface area contributed by atoms with E-state index in [1.165, 1.54) is 0 Å². The number of ether oxygens (including phenoxy) is 1. The van der Waals surface area contributed by atoms with Gasteiger partial charge in [-0.1, -0.05) is 23.7 Å². The molecule has 15 heavy (non-hydrogen) atoms. The highest BCUT2D eigenvalue weighted by Gasteiger charge is 2.19. The van der Waals surface area contributed by atoms with Gasteiger partial charge < -0.3 is 15.6 Å². The summed E-state index contributed by atoms with van der Waals surface area (Å²) >= 11 is 5.76. The number of hydrogen-bond acceptors (Lipinski definition) is 3. The molecule has 1 aromatic rings. The largest absolute Gasteiger partial charge is 0.444 e. The van der Waals surface area contributed by atoms with Gasteiger partial charge >= 0.3 is 6.09 Å². The van der Waals surface area contributed by atoms with Gasteiger partial charge in [-0.05, 0) is 24.6 Å². The zero-order chi connectivity index (χ0) is 11.4. The highest BCUT2D eigenvalue weighted by atomic mass is 35.5. The smallest absolute Gasteiger partial charge is 0.404 e. The molecule has 0 aliphatic heterocycles. The second kappa shape index (κ2) is 5.00. The first-order valence-electron chi connectivity index (χ1n) is 4.40. The van der Waals surface area contributed by atoms with Gasteiger partial charge in [-0.2, -0.15) is 0 Å². The highest BCUT2D eigenvalue weighted by Crippen LogP contribution is 2.21. The van der Waals surface area contributed by atoms with Gasteiger partial charge in [0.15, 0.2) is 0 Å². The minimum atomic E-state index is -0.934. The molecule has 2 atom stereocenters. The van der Waals surface area contributed by atoms with Crippen molar-refractivity contribution in [3.8, 4) is 0 Å². The van der Waals surface area contributed by atoms with Crippen LogP contribution in [0.25, 0.3) is 0 Å². The maximum absolute atomic E-state index is 10.5. The lowest BCUT2D eigenvalue weighted by Gasteiger charge is -2.18. The predicted octanol–water partition coefficient (Wildman–Crippen LogP) is 1.86. The van der Waals surface area contributed by atoms with E-state index >= 15 is 0 Å². The molecule has 82 valence electrons. The molecule has 0 unspecified atom stereocenters. The summed E-state index contributed by atoms with van der Waals surface area (Å²) < 4.78 is 4.65. The van der Waals surface area contributed by atoms with Gasteiger partial charge in [-0.3, -0.25) is 0 Å². The first-order chi connectivity index (χ1) is 7.00. The van der Waals surface area contributed by atoms with Gasteiger partial charge in [-0.15, -0.1) is 0 Å². The molecule has 1 aromatic carbocycles. The van der Waals surface area contributed by atoms with E-state index in [0.29, 0.717) is 10.6 Å². The molecule has 0 aromatic heterocycles. The second-order valence-corrected chi connectivity index (χ2v) is 3.58. The molecule has 4 nitrogen and oxygen atoms in total. The van der Waals surface area contributed by atoms with E-state index in [2.05, 4.69) is 4.74 Å². The van der Waals surface area contributed by atoms with Crippen molar-refractivity contribution in [2.45, 2.75) is 19.1 Å². The Bertz CT molecular complexity index is 356. The molecule has 0 aliphatic carbocycles. The molecule has 0 bridgehead atoms. The van der Waals surface area contributed by atoms with Gasteiger partial charge in [-0.25, -0.2) is 4.79 Å². The van der Waals surface area contributed by atoms with Crippen molar-refractivity contribution in [1.29, 1.82) is 0 Å². The van der Waals surface area contributed by atoms with Crippen LogP contribution in [0.2, 0.25) is 5.02 Å². The molecule has 1 amide bonds. The van der Waals surface area contributed by atoms with Crippen LogP contribution in [0, 0.1) is 0 Å². The van der Waals surface area contributed by atoms with E-state index in [9.17, 15) is 9.90 Å². The lowest BCUT2D eigenvalue weighted by atomic mass is 10.1. The van der Waals surface area contributed by atoms with Crippen molar-refractivity contribution in [3.05, 3.63) is 34.9 Å². The van der Waals surface area contributed by atoms with Crippen LogP contribution in [-0.4, -0.2) is 17.3 Å². The van der Waals surface area contributed by atoms with Crippen LogP contribution in [0.15, 0.2) is 24.3 Å². The Hall–Kier alpha value is -1.26. The normalized spacial score (nSPS) is 14.3. The van der Waals surface area contributed by atoms with Crippen molar-refractivity contribution in [2.24, 2.45) is 5.73 Å². The Morgan fingerprint density at radius 3 is 2.80 bits per heavy atom. The molecular formula is C10H12ClNO3. The average Bonchev–Trinajstić information content (AvgIpc) is 2.15.